The average Bonchev–Trinajstić information content (AvgIpc) is 3.47. The minimum Gasteiger partial charge on any atom is -0.338 e. The Kier molecular flexibility index (Phi) is 5.96. The van der Waals surface area contributed by atoms with Crippen molar-refractivity contribution in [2.24, 2.45) is 0 Å². The summed E-state index contributed by atoms with van der Waals surface area (Å²) in [5, 5.41) is 10.3. The summed E-state index contributed by atoms with van der Waals surface area (Å²) in [6, 6.07) is 16.4. The van der Waals surface area contributed by atoms with Gasteiger partial charge in [0.15, 0.2) is 0 Å². The summed E-state index contributed by atoms with van der Waals surface area (Å²) in [7, 11) is 0. The van der Waals surface area contributed by atoms with Crippen LogP contribution in [0.1, 0.15) is 56.4 Å². The highest BCUT2D eigenvalue weighted by Crippen LogP contribution is 2.29. The third-order valence-corrected chi connectivity index (χ3v) is 6.50. The summed E-state index contributed by atoms with van der Waals surface area (Å²) in [6.07, 6.45) is 4.48. The van der Waals surface area contributed by atoms with E-state index in [-0.39, 0.29) is 17.7 Å². The van der Waals surface area contributed by atoms with Crippen LogP contribution in [0.5, 0.6) is 0 Å². The van der Waals surface area contributed by atoms with Crippen molar-refractivity contribution in [2.45, 2.75) is 51.4 Å². The van der Waals surface area contributed by atoms with E-state index in [1.54, 1.807) is 6.07 Å². The Balaban J connectivity index is 1.26. The van der Waals surface area contributed by atoms with Gasteiger partial charge >= 0.3 is 0 Å². The smallest absolute Gasteiger partial charge is 0.231 e. The summed E-state index contributed by atoms with van der Waals surface area (Å²) >= 11 is 0. The Bertz CT molecular complexity index is 1290. The summed E-state index contributed by atoms with van der Waals surface area (Å²) in [4.78, 5) is 17.1. The van der Waals surface area contributed by atoms with Crippen LogP contribution in [0.15, 0.2) is 59.4 Å². The molecule has 1 saturated heterocycles. The van der Waals surface area contributed by atoms with Crippen LogP contribution in [0.25, 0.3) is 16.7 Å². The molecular weight excluding hydrogens is 426 g/mol. The molecule has 1 aliphatic heterocycles. The highest BCUT2D eigenvalue weighted by atomic mass is 16.5. The Morgan fingerprint density at radius 1 is 1.12 bits per heavy atom. The third-order valence-electron chi connectivity index (χ3n) is 6.50. The van der Waals surface area contributed by atoms with Crippen molar-refractivity contribution in [3.8, 4) is 5.69 Å². The third kappa shape index (κ3) is 4.75. The Morgan fingerprint density at radius 2 is 1.88 bits per heavy atom. The number of nitrogens with one attached hydrogen (secondary N) is 2. The lowest BCUT2D eigenvalue weighted by molar-refractivity contribution is -0.115. The number of fused-ring (bicyclic) bond motifs is 1. The Labute approximate surface area is 199 Å². The first-order valence-electron chi connectivity index (χ1n) is 11.9. The van der Waals surface area contributed by atoms with Crippen molar-refractivity contribution in [1.29, 1.82) is 0 Å². The molecule has 0 bridgehead atoms. The lowest BCUT2D eigenvalue weighted by Gasteiger charge is -2.22. The van der Waals surface area contributed by atoms with Crippen molar-refractivity contribution in [2.75, 3.05) is 18.4 Å². The van der Waals surface area contributed by atoms with Gasteiger partial charge in [-0.25, -0.2) is 4.98 Å². The van der Waals surface area contributed by atoms with Crippen molar-refractivity contribution in [3.05, 3.63) is 71.7 Å². The van der Waals surface area contributed by atoms with Crippen molar-refractivity contribution in [1.82, 2.24) is 20.0 Å². The van der Waals surface area contributed by atoms with Gasteiger partial charge in [0.25, 0.3) is 0 Å². The number of hydrogen-bond donors (Lipinski definition) is 2. The van der Waals surface area contributed by atoms with Gasteiger partial charge in [0.1, 0.15) is 6.33 Å². The maximum absolute atomic E-state index is 12.5. The highest BCUT2D eigenvalue weighted by Gasteiger charge is 2.20. The summed E-state index contributed by atoms with van der Waals surface area (Å²) in [5.41, 5.74) is 6.10. The molecule has 0 spiro atoms. The molecule has 1 amide bonds. The van der Waals surface area contributed by atoms with E-state index in [0.29, 0.717) is 11.8 Å². The first-order chi connectivity index (χ1) is 16.4. The second-order valence-corrected chi connectivity index (χ2v) is 10.1. The van der Waals surface area contributed by atoms with Crippen LogP contribution in [0.2, 0.25) is 0 Å². The molecule has 2 N–H and O–H groups in total. The lowest BCUT2D eigenvalue weighted by Crippen LogP contribution is -2.26. The molecule has 2 aromatic carbocycles. The molecule has 7 heteroatoms. The summed E-state index contributed by atoms with van der Waals surface area (Å²) < 4.78 is 7.35. The highest BCUT2D eigenvalue weighted by molar-refractivity contribution is 5.91. The largest absolute Gasteiger partial charge is 0.338 e. The van der Waals surface area contributed by atoms with Crippen molar-refractivity contribution in [3.63, 3.8) is 0 Å². The van der Waals surface area contributed by atoms with E-state index in [1.807, 2.05) is 30.6 Å². The zero-order valence-electron chi connectivity index (χ0n) is 20.0. The van der Waals surface area contributed by atoms with E-state index < -0.39 is 0 Å². The number of nitrogens with zero attached hydrogens (tertiary/aromatic N) is 3. The van der Waals surface area contributed by atoms with Gasteiger partial charge in [-0.15, -0.1) is 0 Å². The maximum atomic E-state index is 12.5. The van der Waals surface area contributed by atoms with Crippen LogP contribution < -0.4 is 10.6 Å². The van der Waals surface area contributed by atoms with E-state index in [1.165, 1.54) is 18.4 Å². The molecule has 7 nitrogen and oxygen atoms in total. The van der Waals surface area contributed by atoms with Gasteiger partial charge in [-0.05, 0) is 67.2 Å². The predicted octanol–water partition coefficient (Wildman–Crippen LogP) is 4.96. The number of rotatable bonds is 5. The normalized spacial score (nSPS) is 15.0. The predicted molar refractivity (Wildman–Crippen MR) is 133 cm³/mol. The SMILES string of the molecule is CC(C)(C)c1cc(NC(=O)Cc2ccc(-n3cnc4cc(C5CCNCC5)ccc43)cc2)on1. The lowest BCUT2D eigenvalue weighted by atomic mass is 9.90. The van der Waals surface area contributed by atoms with Gasteiger partial charge in [0.05, 0.1) is 23.1 Å². The Hall–Kier alpha value is -3.45. The van der Waals surface area contributed by atoms with E-state index in [4.69, 9.17) is 4.52 Å². The fourth-order valence-electron chi connectivity index (χ4n) is 4.47. The molecule has 0 saturated carbocycles. The van der Waals surface area contributed by atoms with E-state index >= 15 is 0 Å². The minimum atomic E-state index is -0.136. The second kappa shape index (κ2) is 9.06. The van der Waals surface area contributed by atoms with E-state index in [2.05, 4.69) is 64.3 Å². The van der Waals surface area contributed by atoms with Gasteiger partial charge in [0, 0.05) is 17.2 Å². The van der Waals surface area contributed by atoms with Crippen molar-refractivity contribution >= 4 is 22.8 Å². The molecule has 176 valence electrons. The van der Waals surface area contributed by atoms with Gasteiger partial charge in [-0.3, -0.25) is 14.7 Å². The molecule has 4 aromatic rings. The average molecular weight is 458 g/mol. The number of aromatic nitrogens is 3. The molecule has 1 fully saturated rings. The standard InChI is InChI=1S/C27H31N5O2/c1-27(2,3)24-16-26(34-31-24)30-25(33)14-18-4-7-21(8-5-18)32-17-29-22-15-20(6-9-23(22)32)19-10-12-28-13-11-19/h4-9,15-17,19,28H,10-14H2,1-3H3,(H,30,33). The number of piperidine rings is 1. The first-order valence-corrected chi connectivity index (χ1v) is 11.9. The minimum absolute atomic E-state index is 0.130. The molecule has 0 unspecified atom stereocenters. The number of benzene rings is 2. The molecule has 2 aromatic heterocycles. The number of carbonyl (C=O) groups is 1. The first kappa shape index (κ1) is 22.3. The van der Waals surface area contributed by atoms with Gasteiger partial charge < -0.3 is 9.84 Å². The molecule has 3 heterocycles. The zero-order chi connectivity index (χ0) is 23.7. The number of amides is 1. The van der Waals surface area contributed by atoms with Crippen LogP contribution in [0.3, 0.4) is 0 Å². The van der Waals surface area contributed by atoms with E-state index in [9.17, 15) is 4.79 Å². The zero-order valence-corrected chi connectivity index (χ0v) is 20.0. The van der Waals surface area contributed by atoms with Gasteiger partial charge in [-0.1, -0.05) is 44.1 Å². The Morgan fingerprint density at radius 3 is 2.59 bits per heavy atom. The van der Waals surface area contributed by atoms with Crippen molar-refractivity contribution < 1.29 is 9.32 Å². The topological polar surface area (TPSA) is 85.0 Å². The van der Waals surface area contributed by atoms with E-state index in [0.717, 1.165) is 41.1 Å². The van der Waals surface area contributed by atoms with Crippen LogP contribution >= 0.6 is 0 Å². The number of carbonyl (C=O) groups excluding carboxylic acids is 1. The van der Waals surface area contributed by atoms with Crippen LogP contribution in [0, 0.1) is 0 Å². The molecule has 5 rings (SSSR count). The quantitative estimate of drug-likeness (QED) is 0.442. The molecule has 1 aliphatic rings. The molecule has 34 heavy (non-hydrogen) atoms. The molecular formula is C27H31N5O2. The molecule has 0 aliphatic carbocycles. The molecule has 0 atom stereocenters. The van der Waals surface area contributed by atoms with Crippen LogP contribution in [-0.2, 0) is 16.6 Å². The van der Waals surface area contributed by atoms with Gasteiger partial charge in [0.2, 0.25) is 11.8 Å². The maximum Gasteiger partial charge on any atom is 0.231 e. The van der Waals surface area contributed by atoms with Crippen LogP contribution in [-0.4, -0.2) is 33.7 Å². The number of imidazole rings is 1. The fraction of sp³-hybridized carbons (Fsp3) is 0.370. The molecule has 0 radical (unpaired) electrons. The van der Waals surface area contributed by atoms with Gasteiger partial charge in [-0.2, -0.15) is 0 Å². The van der Waals surface area contributed by atoms with Crippen LogP contribution in [0.4, 0.5) is 5.88 Å². The number of anilines is 1. The summed E-state index contributed by atoms with van der Waals surface area (Å²) in [5.74, 6) is 0.849. The monoisotopic (exact) mass is 457 g/mol. The second-order valence-electron chi connectivity index (χ2n) is 10.1. The fourth-order valence-corrected chi connectivity index (χ4v) is 4.47. The number of hydrogen-bond acceptors (Lipinski definition) is 5. The summed E-state index contributed by atoms with van der Waals surface area (Å²) in [6.45, 7) is 8.31.